The highest BCUT2D eigenvalue weighted by Gasteiger charge is 2.38. The minimum absolute atomic E-state index is 0.262. The molecular weight excluding hydrogens is 294 g/mol. The van der Waals surface area contributed by atoms with Crippen molar-refractivity contribution in [2.45, 2.75) is 46.1 Å². The number of nitrogens with one attached hydrogen (secondary N) is 2. The van der Waals surface area contributed by atoms with Crippen LogP contribution in [0.3, 0.4) is 0 Å². The van der Waals surface area contributed by atoms with Crippen LogP contribution in [0.5, 0.6) is 0 Å². The van der Waals surface area contributed by atoms with Crippen molar-refractivity contribution >= 4 is 23.5 Å². The molecule has 0 bridgehead atoms. The number of amides is 4. The van der Waals surface area contributed by atoms with Gasteiger partial charge in [-0.1, -0.05) is 38.5 Å². The predicted octanol–water partition coefficient (Wildman–Crippen LogP) is 2.22. The summed E-state index contributed by atoms with van der Waals surface area (Å²) in [7, 11) is 0. The molecule has 1 aliphatic heterocycles. The number of carbonyl (C=O) groups excluding carboxylic acids is 3. The normalized spacial score (nSPS) is 17.3. The van der Waals surface area contributed by atoms with Crippen molar-refractivity contribution in [1.82, 2.24) is 10.2 Å². The van der Waals surface area contributed by atoms with E-state index >= 15 is 0 Å². The predicted molar refractivity (Wildman–Crippen MR) is 88.1 cm³/mol. The van der Waals surface area contributed by atoms with Crippen molar-refractivity contribution in [3.63, 3.8) is 0 Å². The molecule has 2 N–H and O–H groups in total. The Hall–Kier alpha value is -2.37. The molecule has 1 saturated heterocycles. The van der Waals surface area contributed by atoms with Crippen LogP contribution in [0.15, 0.2) is 18.2 Å². The molecule has 1 unspecified atom stereocenters. The summed E-state index contributed by atoms with van der Waals surface area (Å²) in [6.45, 7) is 5.61. The minimum atomic E-state index is -0.509. The van der Waals surface area contributed by atoms with Crippen molar-refractivity contribution in [2.24, 2.45) is 0 Å². The Balaban J connectivity index is 2.06. The van der Waals surface area contributed by atoms with Crippen molar-refractivity contribution in [3.8, 4) is 0 Å². The highest BCUT2D eigenvalue weighted by atomic mass is 16.2. The molecule has 2 rings (SSSR count). The Morgan fingerprint density at radius 3 is 2.70 bits per heavy atom. The van der Waals surface area contributed by atoms with E-state index in [0.29, 0.717) is 6.42 Å². The second-order valence-corrected chi connectivity index (χ2v) is 5.73. The van der Waals surface area contributed by atoms with Crippen LogP contribution >= 0.6 is 0 Å². The summed E-state index contributed by atoms with van der Waals surface area (Å²) in [5.41, 5.74) is 2.75. The number of hydrogen-bond donors (Lipinski definition) is 2. The van der Waals surface area contributed by atoms with Crippen LogP contribution in [-0.4, -0.2) is 35.3 Å². The van der Waals surface area contributed by atoms with Gasteiger partial charge < -0.3 is 10.6 Å². The Morgan fingerprint density at radius 2 is 2.04 bits per heavy atom. The number of aryl methyl sites for hydroxylation is 2. The van der Waals surface area contributed by atoms with Crippen LogP contribution in [0.1, 0.15) is 37.8 Å². The molecule has 0 aliphatic carbocycles. The number of carbonyl (C=O) groups is 3. The maximum Gasteiger partial charge on any atom is 0.325 e. The van der Waals surface area contributed by atoms with E-state index < -0.39 is 12.1 Å². The van der Waals surface area contributed by atoms with Crippen LogP contribution in [-0.2, 0) is 16.0 Å². The monoisotopic (exact) mass is 317 g/mol. The number of rotatable bonds is 6. The van der Waals surface area contributed by atoms with E-state index in [9.17, 15) is 14.4 Å². The SMILES string of the molecule is CCCC1NC(=O)N(CC(=O)Nc2c(C)cccc2CC)C1=O. The molecular formula is C17H23N3O3. The van der Waals surface area contributed by atoms with Gasteiger partial charge in [-0.2, -0.15) is 0 Å². The second kappa shape index (κ2) is 7.26. The van der Waals surface area contributed by atoms with E-state index in [4.69, 9.17) is 0 Å². The van der Waals surface area contributed by atoms with Crippen molar-refractivity contribution < 1.29 is 14.4 Å². The van der Waals surface area contributed by atoms with Crippen LogP contribution in [0.25, 0.3) is 0 Å². The highest BCUT2D eigenvalue weighted by Crippen LogP contribution is 2.21. The van der Waals surface area contributed by atoms with Gasteiger partial charge in [-0.25, -0.2) is 4.79 Å². The van der Waals surface area contributed by atoms with Crippen LogP contribution in [0, 0.1) is 6.92 Å². The Labute approximate surface area is 136 Å². The summed E-state index contributed by atoms with van der Waals surface area (Å²) in [5.74, 6) is -0.692. The molecule has 6 nitrogen and oxygen atoms in total. The molecule has 1 heterocycles. The molecule has 1 aromatic rings. The first-order chi connectivity index (χ1) is 11.0. The van der Waals surface area contributed by atoms with Crippen LogP contribution in [0.4, 0.5) is 10.5 Å². The van der Waals surface area contributed by atoms with Gasteiger partial charge in [-0.15, -0.1) is 0 Å². The molecule has 1 aliphatic rings. The Kier molecular flexibility index (Phi) is 5.36. The lowest BCUT2D eigenvalue weighted by molar-refractivity contribution is -0.130. The molecule has 0 aromatic heterocycles. The van der Waals surface area contributed by atoms with E-state index in [-0.39, 0.29) is 18.4 Å². The first-order valence-corrected chi connectivity index (χ1v) is 7.98. The molecule has 23 heavy (non-hydrogen) atoms. The molecule has 0 saturated carbocycles. The van der Waals surface area contributed by atoms with Crippen LogP contribution in [0.2, 0.25) is 0 Å². The molecule has 0 spiro atoms. The third-order valence-electron chi connectivity index (χ3n) is 3.99. The Bertz CT molecular complexity index is 628. The number of benzene rings is 1. The van der Waals surface area contributed by atoms with Gasteiger partial charge in [0, 0.05) is 5.69 Å². The number of para-hydroxylation sites is 1. The molecule has 4 amide bonds. The quantitative estimate of drug-likeness (QED) is 0.790. The highest BCUT2D eigenvalue weighted by molar-refractivity contribution is 6.08. The van der Waals surface area contributed by atoms with E-state index in [1.165, 1.54) is 0 Å². The fraction of sp³-hybridized carbons (Fsp3) is 0.471. The maximum atomic E-state index is 12.3. The van der Waals surface area contributed by atoms with Crippen molar-refractivity contribution in [2.75, 3.05) is 11.9 Å². The van der Waals surface area contributed by atoms with E-state index in [2.05, 4.69) is 10.6 Å². The second-order valence-electron chi connectivity index (χ2n) is 5.73. The van der Waals surface area contributed by atoms with Gasteiger partial charge >= 0.3 is 6.03 Å². The van der Waals surface area contributed by atoms with E-state index in [1.807, 2.05) is 39.0 Å². The zero-order chi connectivity index (χ0) is 17.0. The van der Waals surface area contributed by atoms with Gasteiger partial charge in [0.05, 0.1) is 0 Å². The summed E-state index contributed by atoms with van der Waals surface area (Å²) in [5, 5.41) is 5.45. The lowest BCUT2D eigenvalue weighted by atomic mass is 10.1. The van der Waals surface area contributed by atoms with Crippen molar-refractivity contribution in [1.29, 1.82) is 0 Å². The summed E-state index contributed by atoms with van der Waals surface area (Å²) >= 11 is 0. The lowest BCUT2D eigenvalue weighted by Gasteiger charge is -2.16. The van der Waals surface area contributed by atoms with Gasteiger partial charge in [0.1, 0.15) is 12.6 Å². The van der Waals surface area contributed by atoms with E-state index in [0.717, 1.165) is 34.6 Å². The third kappa shape index (κ3) is 3.70. The molecule has 1 aromatic carbocycles. The standard InChI is InChI=1S/C17H23N3O3/c1-4-7-13-16(22)20(17(23)18-13)10-14(21)19-15-11(3)8-6-9-12(15)5-2/h6,8-9,13H,4-5,7,10H2,1-3H3,(H,18,23)(H,19,21). The molecule has 1 atom stereocenters. The van der Waals surface area contributed by atoms with Gasteiger partial charge in [-0.05, 0) is 30.9 Å². The molecule has 0 radical (unpaired) electrons. The number of anilines is 1. The fourth-order valence-corrected chi connectivity index (χ4v) is 2.74. The summed E-state index contributed by atoms with van der Waals surface area (Å²) < 4.78 is 0. The third-order valence-corrected chi connectivity index (χ3v) is 3.99. The molecule has 1 fully saturated rings. The van der Waals surface area contributed by atoms with Gasteiger partial charge in [0.15, 0.2) is 0 Å². The number of imide groups is 1. The average molecular weight is 317 g/mol. The first kappa shape index (κ1) is 17.0. The molecule has 124 valence electrons. The lowest BCUT2D eigenvalue weighted by Crippen LogP contribution is -2.38. The average Bonchev–Trinajstić information content (AvgIpc) is 2.77. The number of hydrogen-bond acceptors (Lipinski definition) is 3. The van der Waals surface area contributed by atoms with Gasteiger partial charge in [0.25, 0.3) is 5.91 Å². The zero-order valence-electron chi connectivity index (χ0n) is 13.8. The topological polar surface area (TPSA) is 78.5 Å². The summed E-state index contributed by atoms with van der Waals surface area (Å²) in [4.78, 5) is 37.3. The largest absolute Gasteiger partial charge is 0.326 e. The Morgan fingerprint density at radius 1 is 1.30 bits per heavy atom. The molecule has 6 heteroatoms. The zero-order valence-corrected chi connectivity index (χ0v) is 13.8. The van der Waals surface area contributed by atoms with Crippen molar-refractivity contribution in [3.05, 3.63) is 29.3 Å². The van der Waals surface area contributed by atoms with E-state index in [1.54, 1.807) is 0 Å². The summed E-state index contributed by atoms with van der Waals surface area (Å²) in [6.07, 6.45) is 2.17. The summed E-state index contributed by atoms with van der Waals surface area (Å²) in [6, 6.07) is 4.80. The number of urea groups is 1. The van der Waals surface area contributed by atoms with Gasteiger partial charge in [-0.3, -0.25) is 14.5 Å². The first-order valence-electron chi connectivity index (χ1n) is 7.98. The fourth-order valence-electron chi connectivity index (χ4n) is 2.74. The smallest absolute Gasteiger partial charge is 0.325 e. The minimum Gasteiger partial charge on any atom is -0.326 e. The van der Waals surface area contributed by atoms with Crippen LogP contribution < -0.4 is 10.6 Å². The number of nitrogens with zero attached hydrogens (tertiary/aromatic N) is 1. The maximum absolute atomic E-state index is 12.3. The van der Waals surface area contributed by atoms with Gasteiger partial charge in [0.2, 0.25) is 5.91 Å².